The van der Waals surface area contributed by atoms with Crippen LogP contribution in [0.1, 0.15) is 17.5 Å². The number of nitrogens with zero attached hydrogens (tertiary/aromatic N) is 3. The van der Waals surface area contributed by atoms with Crippen LogP contribution >= 0.6 is 0 Å². The zero-order valence-electron chi connectivity index (χ0n) is 24.4. The summed E-state index contributed by atoms with van der Waals surface area (Å²) in [6, 6.07) is 44.0. The number of para-hydroxylation sites is 1. The predicted molar refractivity (Wildman–Crippen MR) is 184 cm³/mol. The van der Waals surface area contributed by atoms with Crippen LogP contribution in [0, 0.1) is 0 Å². The molecule has 45 heavy (non-hydrogen) atoms. The minimum Gasteiger partial charge on any atom is -0.456 e. The first-order valence-electron chi connectivity index (χ1n) is 15.3. The van der Waals surface area contributed by atoms with E-state index in [-0.39, 0.29) is 0 Å². The van der Waals surface area contributed by atoms with Gasteiger partial charge in [0.25, 0.3) is 0 Å². The SMILES string of the molecule is C1=Cc2c(-c3cccc(-c4nc(-c5ccccc5)nc(-c5cccc6oc7ccccc7c56)n4)c3)cc3ccccc3c2CC1. The van der Waals surface area contributed by atoms with Crippen LogP contribution in [-0.2, 0) is 6.42 Å². The molecule has 0 saturated carbocycles. The number of furan rings is 1. The lowest BCUT2D eigenvalue weighted by atomic mass is 9.85. The van der Waals surface area contributed by atoms with Gasteiger partial charge in [-0.15, -0.1) is 0 Å². The van der Waals surface area contributed by atoms with Gasteiger partial charge >= 0.3 is 0 Å². The largest absolute Gasteiger partial charge is 0.456 e. The Morgan fingerprint density at radius 3 is 2.11 bits per heavy atom. The molecule has 0 N–H and O–H groups in total. The number of hydrogen-bond donors (Lipinski definition) is 0. The third-order valence-electron chi connectivity index (χ3n) is 8.79. The first-order valence-corrected chi connectivity index (χ1v) is 15.3. The molecule has 0 spiro atoms. The van der Waals surface area contributed by atoms with Gasteiger partial charge in [-0.05, 0) is 70.1 Å². The van der Waals surface area contributed by atoms with Gasteiger partial charge < -0.3 is 4.42 Å². The molecule has 0 saturated heterocycles. The fraction of sp³-hybridized carbons (Fsp3) is 0.0488. The standard InChI is InChI=1S/C41H27N3O/c1-2-12-26(13-3-1)39-42-40(44-41(43-39)34-21-11-23-37-38(34)33-20-8-9-22-36(33)45-37)29-16-10-15-27(24-29)35-25-28-14-4-5-17-30(28)31-18-6-7-19-32(31)35/h1-5,7-17,19-25H,6,18H2. The van der Waals surface area contributed by atoms with Crippen LogP contribution < -0.4 is 0 Å². The van der Waals surface area contributed by atoms with Crippen molar-refractivity contribution in [2.45, 2.75) is 12.8 Å². The Morgan fingerprint density at radius 1 is 0.511 bits per heavy atom. The molecule has 212 valence electrons. The highest BCUT2D eigenvalue weighted by Crippen LogP contribution is 2.39. The molecular formula is C41H27N3O. The topological polar surface area (TPSA) is 51.8 Å². The average molecular weight is 578 g/mol. The Morgan fingerprint density at radius 2 is 1.20 bits per heavy atom. The summed E-state index contributed by atoms with van der Waals surface area (Å²) in [5, 5.41) is 4.66. The molecule has 0 fully saturated rings. The van der Waals surface area contributed by atoms with E-state index in [1.165, 1.54) is 27.5 Å². The van der Waals surface area contributed by atoms with E-state index in [9.17, 15) is 0 Å². The van der Waals surface area contributed by atoms with E-state index < -0.39 is 0 Å². The van der Waals surface area contributed by atoms with Gasteiger partial charge in [0.2, 0.25) is 0 Å². The van der Waals surface area contributed by atoms with Gasteiger partial charge in [-0.2, -0.15) is 0 Å². The van der Waals surface area contributed by atoms with Crippen LogP contribution in [0.5, 0.6) is 0 Å². The quantitative estimate of drug-likeness (QED) is 0.209. The fourth-order valence-electron chi connectivity index (χ4n) is 6.69. The van der Waals surface area contributed by atoms with Crippen molar-refractivity contribution in [1.82, 2.24) is 15.0 Å². The highest BCUT2D eigenvalue weighted by molar-refractivity contribution is 6.11. The number of aryl methyl sites for hydroxylation is 1. The number of aromatic nitrogens is 3. The zero-order chi connectivity index (χ0) is 29.7. The molecule has 6 aromatic carbocycles. The molecule has 0 amide bonds. The first kappa shape index (κ1) is 25.6. The molecule has 9 rings (SSSR count). The van der Waals surface area contributed by atoms with Gasteiger partial charge in [0, 0.05) is 27.5 Å². The smallest absolute Gasteiger partial charge is 0.164 e. The molecule has 4 heteroatoms. The maximum absolute atomic E-state index is 6.21. The minimum atomic E-state index is 0.618. The molecule has 0 bridgehead atoms. The van der Waals surface area contributed by atoms with E-state index in [0.717, 1.165) is 57.0 Å². The molecule has 0 radical (unpaired) electrons. The highest BCUT2D eigenvalue weighted by atomic mass is 16.3. The van der Waals surface area contributed by atoms with Gasteiger partial charge in [0.05, 0.1) is 0 Å². The maximum Gasteiger partial charge on any atom is 0.164 e. The maximum atomic E-state index is 6.21. The van der Waals surface area contributed by atoms with Crippen LogP contribution in [0.25, 0.3) is 84.1 Å². The lowest BCUT2D eigenvalue weighted by Crippen LogP contribution is -2.01. The van der Waals surface area contributed by atoms with Crippen molar-refractivity contribution in [2.75, 3.05) is 0 Å². The zero-order valence-corrected chi connectivity index (χ0v) is 24.4. The number of fused-ring (bicyclic) bond motifs is 6. The van der Waals surface area contributed by atoms with Gasteiger partial charge in [-0.3, -0.25) is 0 Å². The summed E-state index contributed by atoms with van der Waals surface area (Å²) in [7, 11) is 0. The average Bonchev–Trinajstić information content (AvgIpc) is 3.50. The first-order chi connectivity index (χ1) is 22.3. The molecule has 4 nitrogen and oxygen atoms in total. The molecule has 1 aliphatic rings. The third-order valence-corrected chi connectivity index (χ3v) is 8.79. The van der Waals surface area contributed by atoms with Gasteiger partial charge in [0.1, 0.15) is 11.2 Å². The van der Waals surface area contributed by atoms with Crippen molar-refractivity contribution in [2.24, 2.45) is 0 Å². The van der Waals surface area contributed by atoms with Crippen molar-refractivity contribution in [3.05, 3.63) is 145 Å². The second-order valence-electron chi connectivity index (χ2n) is 11.5. The van der Waals surface area contributed by atoms with Crippen LogP contribution in [0.3, 0.4) is 0 Å². The van der Waals surface area contributed by atoms with Gasteiger partial charge in [-0.1, -0.05) is 115 Å². The number of benzene rings is 6. The summed E-state index contributed by atoms with van der Waals surface area (Å²) in [6.45, 7) is 0. The van der Waals surface area contributed by atoms with E-state index >= 15 is 0 Å². The van der Waals surface area contributed by atoms with Crippen molar-refractivity contribution in [3.63, 3.8) is 0 Å². The predicted octanol–water partition coefficient (Wildman–Crippen LogP) is 10.6. The summed E-state index contributed by atoms with van der Waals surface area (Å²) in [6.07, 6.45) is 6.69. The molecule has 2 aromatic heterocycles. The molecule has 0 aliphatic heterocycles. The molecule has 1 aliphatic carbocycles. The van der Waals surface area contributed by atoms with Crippen molar-refractivity contribution < 1.29 is 4.42 Å². The summed E-state index contributed by atoms with van der Waals surface area (Å²) in [4.78, 5) is 15.2. The van der Waals surface area contributed by atoms with E-state index in [2.05, 4.69) is 78.9 Å². The molecular weight excluding hydrogens is 550 g/mol. The number of hydrogen-bond acceptors (Lipinski definition) is 4. The van der Waals surface area contributed by atoms with Crippen LogP contribution in [0.4, 0.5) is 0 Å². The Bertz CT molecular complexity index is 2440. The van der Waals surface area contributed by atoms with Crippen LogP contribution in [0.15, 0.2) is 138 Å². The Balaban J connectivity index is 1.26. The van der Waals surface area contributed by atoms with Crippen molar-refractivity contribution >= 4 is 38.8 Å². The second-order valence-corrected chi connectivity index (χ2v) is 11.5. The van der Waals surface area contributed by atoms with E-state index in [1.54, 1.807) is 0 Å². The molecule has 2 heterocycles. The van der Waals surface area contributed by atoms with Gasteiger partial charge in [-0.25, -0.2) is 15.0 Å². The highest BCUT2D eigenvalue weighted by Gasteiger charge is 2.19. The second kappa shape index (κ2) is 10.4. The fourth-order valence-corrected chi connectivity index (χ4v) is 6.69. The van der Waals surface area contributed by atoms with Crippen molar-refractivity contribution in [3.8, 4) is 45.3 Å². The normalized spacial score (nSPS) is 12.6. The summed E-state index contributed by atoms with van der Waals surface area (Å²) >= 11 is 0. The van der Waals surface area contributed by atoms with Crippen LogP contribution in [0.2, 0.25) is 0 Å². The Labute approximate surface area is 260 Å². The number of rotatable bonds is 4. The molecule has 8 aromatic rings. The van der Waals surface area contributed by atoms with Crippen molar-refractivity contribution in [1.29, 1.82) is 0 Å². The lowest BCUT2D eigenvalue weighted by Gasteiger charge is -2.19. The minimum absolute atomic E-state index is 0.618. The number of allylic oxidation sites excluding steroid dienone is 1. The van der Waals surface area contributed by atoms with E-state index in [4.69, 9.17) is 19.4 Å². The van der Waals surface area contributed by atoms with Crippen LogP contribution in [-0.4, -0.2) is 15.0 Å². The lowest BCUT2D eigenvalue weighted by molar-refractivity contribution is 0.669. The molecule has 0 atom stereocenters. The van der Waals surface area contributed by atoms with E-state index in [0.29, 0.717) is 17.5 Å². The Hall–Kier alpha value is -5.87. The van der Waals surface area contributed by atoms with E-state index in [1.807, 2.05) is 60.7 Å². The monoisotopic (exact) mass is 577 g/mol. The summed E-state index contributed by atoms with van der Waals surface area (Å²) in [5.41, 5.74) is 9.56. The Kier molecular flexibility index (Phi) is 5.91. The van der Waals surface area contributed by atoms with Gasteiger partial charge in [0.15, 0.2) is 17.5 Å². The summed E-state index contributed by atoms with van der Waals surface area (Å²) < 4.78 is 6.21. The third kappa shape index (κ3) is 4.34. The summed E-state index contributed by atoms with van der Waals surface area (Å²) in [5.74, 6) is 1.89. The molecule has 0 unspecified atom stereocenters.